The largest absolute Gasteiger partial charge is 0.490 e. The molecule has 0 fully saturated rings. The summed E-state index contributed by atoms with van der Waals surface area (Å²) >= 11 is 0. The second-order valence-electron chi connectivity index (χ2n) is 5.29. The summed E-state index contributed by atoms with van der Waals surface area (Å²) in [4.78, 5) is 11.3. The van der Waals surface area contributed by atoms with Gasteiger partial charge in [0.05, 0.1) is 23.2 Å². The van der Waals surface area contributed by atoms with Gasteiger partial charge in [0.25, 0.3) is 0 Å². The number of aldehydes is 1. The van der Waals surface area contributed by atoms with E-state index >= 15 is 0 Å². The van der Waals surface area contributed by atoms with Crippen LogP contribution in [0.3, 0.4) is 0 Å². The maximum absolute atomic E-state index is 11.3. The van der Waals surface area contributed by atoms with Crippen molar-refractivity contribution in [3.05, 3.63) is 35.9 Å². The van der Waals surface area contributed by atoms with Crippen LogP contribution in [0.1, 0.15) is 38.1 Å². The zero-order valence-electron chi connectivity index (χ0n) is 12.3. The van der Waals surface area contributed by atoms with E-state index in [1.165, 1.54) is 0 Å². The summed E-state index contributed by atoms with van der Waals surface area (Å²) < 4.78 is 11.7. The number of carbonyl (C=O) groups is 1. The molecule has 3 heteroatoms. The molecular formula is C17H20O3. The summed E-state index contributed by atoms with van der Waals surface area (Å²) in [6.07, 6.45) is 0.877. The number of hydrogen-bond acceptors (Lipinski definition) is 3. The minimum atomic E-state index is -0.00796. The van der Waals surface area contributed by atoms with Crippen LogP contribution in [0.5, 0.6) is 11.5 Å². The molecule has 0 spiro atoms. The van der Waals surface area contributed by atoms with Crippen LogP contribution in [0.4, 0.5) is 0 Å². The number of benzene rings is 2. The molecule has 0 saturated carbocycles. The Bertz CT molecular complexity index is 615. The highest BCUT2D eigenvalue weighted by Gasteiger charge is 2.15. The minimum Gasteiger partial charge on any atom is -0.490 e. The Labute approximate surface area is 119 Å². The van der Waals surface area contributed by atoms with Gasteiger partial charge in [0.15, 0.2) is 6.29 Å². The molecule has 0 aromatic heterocycles. The Balaban J connectivity index is 2.71. The van der Waals surface area contributed by atoms with Gasteiger partial charge < -0.3 is 9.47 Å². The average Bonchev–Trinajstić information content (AvgIpc) is 2.37. The highest BCUT2D eigenvalue weighted by atomic mass is 16.5. The van der Waals surface area contributed by atoms with E-state index < -0.39 is 0 Å². The fourth-order valence-electron chi connectivity index (χ4n) is 2.14. The van der Waals surface area contributed by atoms with Crippen molar-refractivity contribution in [3.63, 3.8) is 0 Å². The molecule has 2 rings (SSSR count). The molecule has 0 saturated heterocycles. The summed E-state index contributed by atoms with van der Waals surface area (Å²) in [5, 5.41) is 1.86. The van der Waals surface area contributed by atoms with Crippen LogP contribution < -0.4 is 9.47 Å². The van der Waals surface area contributed by atoms with Gasteiger partial charge in [-0.15, -0.1) is 0 Å². The zero-order valence-corrected chi connectivity index (χ0v) is 12.3. The van der Waals surface area contributed by atoms with Gasteiger partial charge in [-0.25, -0.2) is 0 Å². The van der Waals surface area contributed by atoms with Crippen molar-refractivity contribution in [1.82, 2.24) is 0 Å². The first-order valence-corrected chi connectivity index (χ1v) is 6.87. The van der Waals surface area contributed by atoms with Gasteiger partial charge in [0.2, 0.25) is 0 Å². The molecule has 0 aliphatic carbocycles. The molecule has 0 aliphatic heterocycles. The van der Waals surface area contributed by atoms with E-state index in [1.54, 1.807) is 6.07 Å². The molecule has 0 atom stereocenters. The first-order valence-electron chi connectivity index (χ1n) is 6.87. The van der Waals surface area contributed by atoms with Crippen LogP contribution in [-0.2, 0) is 0 Å². The summed E-state index contributed by atoms with van der Waals surface area (Å²) in [5.74, 6) is 1.35. The van der Waals surface area contributed by atoms with Crippen molar-refractivity contribution in [3.8, 4) is 11.5 Å². The summed E-state index contributed by atoms with van der Waals surface area (Å²) in [6, 6.07) is 9.54. The van der Waals surface area contributed by atoms with Gasteiger partial charge in [-0.2, -0.15) is 0 Å². The van der Waals surface area contributed by atoms with E-state index in [1.807, 2.05) is 52.0 Å². The normalized spacial score (nSPS) is 11.1. The zero-order chi connectivity index (χ0) is 14.7. The number of fused-ring (bicyclic) bond motifs is 1. The quantitative estimate of drug-likeness (QED) is 0.764. The third-order valence-electron chi connectivity index (χ3n) is 2.83. The van der Waals surface area contributed by atoms with Gasteiger partial charge in [0, 0.05) is 0 Å². The molecule has 0 aliphatic rings. The summed E-state index contributed by atoms with van der Waals surface area (Å²) in [7, 11) is 0. The standard InChI is InChI=1S/C17H20O3/c1-11(2)19-15-7-5-6-13-8-9-14(10-18)17(16(13)15)20-12(3)4/h5-12H,1-4H3. The number of hydrogen-bond donors (Lipinski definition) is 0. The maximum Gasteiger partial charge on any atom is 0.153 e. The molecule has 2 aromatic carbocycles. The second kappa shape index (κ2) is 5.95. The monoisotopic (exact) mass is 272 g/mol. The molecule has 0 N–H and O–H groups in total. The molecule has 106 valence electrons. The lowest BCUT2D eigenvalue weighted by Gasteiger charge is -2.18. The summed E-state index contributed by atoms with van der Waals surface area (Å²) in [6.45, 7) is 7.84. The van der Waals surface area contributed by atoms with Gasteiger partial charge in [-0.05, 0) is 45.2 Å². The molecule has 2 aromatic rings. The third kappa shape index (κ3) is 2.93. The van der Waals surface area contributed by atoms with E-state index in [2.05, 4.69) is 0 Å². The number of ether oxygens (including phenoxy) is 2. The topological polar surface area (TPSA) is 35.5 Å². The fourth-order valence-corrected chi connectivity index (χ4v) is 2.14. The van der Waals surface area contributed by atoms with Crippen LogP contribution in [0.25, 0.3) is 10.8 Å². The van der Waals surface area contributed by atoms with E-state index in [0.717, 1.165) is 22.8 Å². The molecule has 0 bridgehead atoms. The van der Waals surface area contributed by atoms with Crippen molar-refractivity contribution < 1.29 is 14.3 Å². The van der Waals surface area contributed by atoms with Crippen molar-refractivity contribution in [2.24, 2.45) is 0 Å². The second-order valence-corrected chi connectivity index (χ2v) is 5.29. The maximum atomic E-state index is 11.3. The first-order chi connectivity index (χ1) is 9.52. The van der Waals surface area contributed by atoms with E-state index in [9.17, 15) is 4.79 Å². The van der Waals surface area contributed by atoms with Crippen molar-refractivity contribution in [1.29, 1.82) is 0 Å². The number of carbonyl (C=O) groups excluding carboxylic acids is 1. The molecule has 0 heterocycles. The Morgan fingerprint density at radius 3 is 2.25 bits per heavy atom. The van der Waals surface area contributed by atoms with Crippen LogP contribution in [-0.4, -0.2) is 18.5 Å². The lowest BCUT2D eigenvalue weighted by molar-refractivity contribution is 0.111. The minimum absolute atomic E-state index is 0.00796. The van der Waals surface area contributed by atoms with Gasteiger partial charge >= 0.3 is 0 Å². The highest BCUT2D eigenvalue weighted by Crippen LogP contribution is 2.37. The Hall–Kier alpha value is -2.03. The predicted octanol–water partition coefficient (Wildman–Crippen LogP) is 4.23. The van der Waals surface area contributed by atoms with E-state index in [0.29, 0.717) is 11.3 Å². The molecule has 3 nitrogen and oxygen atoms in total. The van der Waals surface area contributed by atoms with Crippen LogP contribution in [0.15, 0.2) is 30.3 Å². The van der Waals surface area contributed by atoms with Gasteiger partial charge in [-0.3, -0.25) is 4.79 Å². The van der Waals surface area contributed by atoms with Crippen LogP contribution in [0.2, 0.25) is 0 Å². The van der Waals surface area contributed by atoms with Gasteiger partial charge in [0.1, 0.15) is 11.5 Å². The molecule has 0 radical (unpaired) electrons. The smallest absolute Gasteiger partial charge is 0.153 e. The SMILES string of the molecule is CC(C)Oc1cccc2ccc(C=O)c(OC(C)C)c12. The third-order valence-corrected chi connectivity index (χ3v) is 2.83. The van der Waals surface area contributed by atoms with Crippen molar-refractivity contribution in [2.45, 2.75) is 39.9 Å². The van der Waals surface area contributed by atoms with E-state index in [-0.39, 0.29) is 12.2 Å². The van der Waals surface area contributed by atoms with Crippen molar-refractivity contribution >= 4 is 17.1 Å². The Kier molecular flexibility index (Phi) is 4.28. The van der Waals surface area contributed by atoms with Crippen LogP contribution in [0, 0.1) is 0 Å². The van der Waals surface area contributed by atoms with E-state index in [4.69, 9.17) is 9.47 Å². The summed E-state index contributed by atoms with van der Waals surface area (Å²) in [5.41, 5.74) is 0.547. The van der Waals surface area contributed by atoms with Crippen molar-refractivity contribution in [2.75, 3.05) is 0 Å². The fraction of sp³-hybridized carbons (Fsp3) is 0.353. The highest BCUT2D eigenvalue weighted by molar-refractivity contribution is 5.99. The lowest BCUT2D eigenvalue weighted by atomic mass is 10.0. The molecule has 20 heavy (non-hydrogen) atoms. The Morgan fingerprint density at radius 1 is 0.950 bits per heavy atom. The Morgan fingerprint density at radius 2 is 1.65 bits per heavy atom. The lowest BCUT2D eigenvalue weighted by Crippen LogP contribution is -2.10. The average molecular weight is 272 g/mol. The first kappa shape index (κ1) is 14.4. The molecule has 0 unspecified atom stereocenters. The predicted molar refractivity (Wildman–Crippen MR) is 80.9 cm³/mol. The van der Waals surface area contributed by atoms with Crippen LogP contribution >= 0.6 is 0 Å². The molecular weight excluding hydrogens is 252 g/mol. The number of rotatable bonds is 5. The van der Waals surface area contributed by atoms with Gasteiger partial charge in [-0.1, -0.05) is 18.2 Å². The molecule has 0 amide bonds.